The van der Waals surface area contributed by atoms with Gasteiger partial charge < -0.3 is 39.6 Å². The highest BCUT2D eigenvalue weighted by atomic mass is 32.1. The van der Waals surface area contributed by atoms with Gasteiger partial charge in [0.15, 0.2) is 0 Å². The molecule has 3 N–H and O–H groups in total. The molecule has 0 saturated heterocycles. The van der Waals surface area contributed by atoms with Crippen molar-refractivity contribution in [3.8, 4) is 0 Å². The number of thiophene rings is 1. The summed E-state index contributed by atoms with van der Waals surface area (Å²) in [6.07, 6.45) is 6.06. The Labute approximate surface area is 305 Å². The Balaban J connectivity index is 1.11. The van der Waals surface area contributed by atoms with Crippen molar-refractivity contribution >= 4 is 51.1 Å². The van der Waals surface area contributed by atoms with Crippen LogP contribution in [0.2, 0.25) is 0 Å². The fourth-order valence-corrected chi connectivity index (χ4v) is 7.19. The Morgan fingerprint density at radius 1 is 0.882 bits per heavy atom. The predicted octanol–water partition coefficient (Wildman–Crippen LogP) is 5.81. The highest BCUT2D eigenvalue weighted by Crippen LogP contribution is 2.28. The molecule has 0 aliphatic heterocycles. The number of ether oxygens (including phenoxy) is 3. The van der Waals surface area contributed by atoms with Crippen LogP contribution in [0.5, 0.6) is 0 Å². The molecule has 0 unspecified atom stereocenters. The number of nitrogens with one attached hydrogen (secondary N) is 3. The first-order valence-electron chi connectivity index (χ1n) is 18.4. The topological polar surface area (TPSA) is 140 Å². The van der Waals surface area contributed by atoms with E-state index in [1.165, 1.54) is 0 Å². The first kappa shape index (κ1) is 39.8. The molecule has 3 aromatic rings. The van der Waals surface area contributed by atoms with Crippen LogP contribution in [0.1, 0.15) is 81.3 Å². The molecule has 1 saturated carbocycles. The summed E-state index contributed by atoms with van der Waals surface area (Å²) in [5.41, 5.74) is 3.29. The quantitative estimate of drug-likeness (QED) is 0.118. The molecule has 280 valence electrons. The summed E-state index contributed by atoms with van der Waals surface area (Å²) in [5, 5.41) is 11.0. The number of unbranched alkanes of at least 4 members (excludes halogenated alkanes) is 3. The van der Waals surface area contributed by atoms with Crippen molar-refractivity contribution in [1.29, 1.82) is 0 Å². The lowest BCUT2D eigenvalue weighted by Crippen LogP contribution is -2.42. The Bertz CT molecular complexity index is 1550. The second-order valence-electron chi connectivity index (χ2n) is 12.9. The number of hydrogen-bond acceptors (Lipinski definition) is 8. The second-order valence-corrected chi connectivity index (χ2v) is 13.8. The number of carbonyl (C=O) groups excluding carboxylic acids is 4. The van der Waals surface area contributed by atoms with Gasteiger partial charge in [-0.05, 0) is 94.5 Å². The van der Waals surface area contributed by atoms with Gasteiger partial charge in [0.25, 0.3) is 5.91 Å². The molecule has 0 spiro atoms. The number of nitrogens with zero attached hydrogens (tertiary/aromatic N) is 2. The monoisotopic (exact) mass is 725 g/mol. The number of alkyl carbamates (subject to hydrolysis) is 1. The van der Waals surface area contributed by atoms with Crippen LogP contribution in [0.25, 0.3) is 10.2 Å². The summed E-state index contributed by atoms with van der Waals surface area (Å²) >= 11 is 1.55. The minimum absolute atomic E-state index is 0.0250. The van der Waals surface area contributed by atoms with E-state index >= 15 is 0 Å². The van der Waals surface area contributed by atoms with Crippen molar-refractivity contribution in [2.45, 2.75) is 84.7 Å². The van der Waals surface area contributed by atoms with Crippen LogP contribution >= 0.6 is 11.3 Å². The summed E-state index contributed by atoms with van der Waals surface area (Å²) in [5.74, 6) is -0.248. The number of fused-ring (bicyclic) bond motifs is 1. The molecule has 0 bridgehead atoms. The maximum atomic E-state index is 13.6. The van der Waals surface area contributed by atoms with Gasteiger partial charge >= 0.3 is 6.09 Å². The van der Waals surface area contributed by atoms with Crippen molar-refractivity contribution < 1.29 is 33.4 Å². The van der Waals surface area contributed by atoms with Gasteiger partial charge in [-0.1, -0.05) is 25.0 Å². The average Bonchev–Trinajstić information content (AvgIpc) is 3.72. The van der Waals surface area contributed by atoms with Crippen LogP contribution < -0.4 is 20.9 Å². The number of amides is 4. The minimum atomic E-state index is -0.441. The van der Waals surface area contributed by atoms with Crippen LogP contribution in [0.15, 0.2) is 41.8 Å². The second kappa shape index (κ2) is 21.4. The lowest BCUT2D eigenvalue weighted by Gasteiger charge is -2.28. The summed E-state index contributed by atoms with van der Waals surface area (Å²) in [6, 6.07) is 11.7. The zero-order valence-corrected chi connectivity index (χ0v) is 31.2. The largest absolute Gasteiger partial charge is 0.447 e. The van der Waals surface area contributed by atoms with E-state index in [-0.39, 0.29) is 42.8 Å². The van der Waals surface area contributed by atoms with E-state index < -0.39 is 6.09 Å². The molecule has 13 heteroatoms. The van der Waals surface area contributed by atoms with Gasteiger partial charge in [0.2, 0.25) is 11.8 Å². The number of benzene rings is 1. The van der Waals surface area contributed by atoms with E-state index in [4.69, 9.17) is 14.2 Å². The zero-order chi connectivity index (χ0) is 36.4. The van der Waals surface area contributed by atoms with Crippen molar-refractivity contribution in [2.75, 3.05) is 57.6 Å². The van der Waals surface area contributed by atoms with Crippen LogP contribution in [0.3, 0.4) is 0 Å². The predicted molar refractivity (Wildman–Crippen MR) is 200 cm³/mol. The summed E-state index contributed by atoms with van der Waals surface area (Å²) < 4.78 is 18.4. The molecular weight excluding hydrogens is 671 g/mol. The fourth-order valence-electron chi connectivity index (χ4n) is 6.37. The summed E-state index contributed by atoms with van der Waals surface area (Å²) in [6.45, 7) is 9.87. The molecule has 12 nitrogen and oxygen atoms in total. The molecule has 4 amide bonds. The lowest BCUT2D eigenvalue weighted by molar-refractivity contribution is -0.126. The van der Waals surface area contributed by atoms with Gasteiger partial charge in [-0.2, -0.15) is 0 Å². The van der Waals surface area contributed by atoms with Crippen LogP contribution in [0, 0.1) is 12.8 Å². The minimum Gasteiger partial charge on any atom is -0.447 e. The molecule has 4 rings (SSSR count). The fraction of sp³-hybridized carbons (Fsp3) is 0.579. The molecule has 1 aliphatic carbocycles. The smallest absolute Gasteiger partial charge is 0.407 e. The highest BCUT2D eigenvalue weighted by molar-refractivity contribution is 7.17. The van der Waals surface area contributed by atoms with E-state index in [0.29, 0.717) is 64.6 Å². The number of anilines is 1. The molecule has 1 aromatic carbocycles. The molecule has 2 heterocycles. The van der Waals surface area contributed by atoms with Gasteiger partial charge in [0, 0.05) is 43.9 Å². The number of carbonyl (C=O) groups is 4. The van der Waals surface area contributed by atoms with E-state index in [2.05, 4.69) is 16.0 Å². The number of rotatable bonds is 21. The van der Waals surface area contributed by atoms with Gasteiger partial charge in [-0.15, -0.1) is 11.3 Å². The third-order valence-electron chi connectivity index (χ3n) is 9.12. The van der Waals surface area contributed by atoms with Crippen molar-refractivity contribution in [3.63, 3.8) is 0 Å². The molecular formula is C38H55N5O7S. The lowest BCUT2D eigenvalue weighted by atomic mass is 9.85. The number of hydrogen-bond donors (Lipinski definition) is 3. The van der Waals surface area contributed by atoms with Crippen molar-refractivity contribution in [3.05, 3.63) is 53.0 Å². The maximum absolute atomic E-state index is 13.6. The Hall–Kier alpha value is -3.94. The molecule has 0 atom stereocenters. The highest BCUT2D eigenvalue weighted by Gasteiger charge is 2.29. The molecule has 1 fully saturated rings. The van der Waals surface area contributed by atoms with Gasteiger partial charge in [0.1, 0.15) is 18.8 Å². The first-order chi connectivity index (χ1) is 24.8. The molecule has 2 aromatic heterocycles. The standard InChI is InChI=1S/C38H55N5O7S/c1-4-42(31-12-10-11-28(3)25-31)35(44)27-43-32-17-24-51-34(32)26-33(43)37(46)41-30-15-13-29(14-16-30)36(45)39-18-8-6-7-9-19-40-38(47)50-23-22-49-21-20-48-5-2/h10-12,17,24-26,29-30H,4-9,13-16,18-23,27H2,1-3H3,(H,39,45)(H,40,47)(H,41,46). The van der Waals surface area contributed by atoms with Crippen LogP contribution in [-0.4, -0.2) is 87.1 Å². The van der Waals surface area contributed by atoms with Crippen molar-refractivity contribution in [2.24, 2.45) is 5.92 Å². The SMILES string of the molecule is CCOCCOCCOC(=O)NCCCCCCNC(=O)C1CCC(NC(=O)c2cc3sccc3n2CC(=O)N(CC)c2cccc(C)c2)CC1. The number of aromatic nitrogens is 1. The van der Waals surface area contributed by atoms with Gasteiger partial charge in [0.05, 0.1) is 30.0 Å². The first-order valence-corrected chi connectivity index (χ1v) is 19.3. The van der Waals surface area contributed by atoms with E-state index in [1.807, 2.05) is 67.1 Å². The van der Waals surface area contributed by atoms with E-state index in [9.17, 15) is 19.2 Å². The van der Waals surface area contributed by atoms with Crippen LogP contribution in [-0.2, 0) is 30.3 Å². The summed E-state index contributed by atoms with van der Waals surface area (Å²) in [4.78, 5) is 53.4. The Morgan fingerprint density at radius 2 is 1.61 bits per heavy atom. The number of aryl methyl sites for hydroxylation is 1. The molecule has 1 aliphatic rings. The van der Waals surface area contributed by atoms with Crippen molar-refractivity contribution in [1.82, 2.24) is 20.5 Å². The average molecular weight is 726 g/mol. The maximum Gasteiger partial charge on any atom is 0.407 e. The van der Waals surface area contributed by atoms with Crippen LogP contribution in [0.4, 0.5) is 10.5 Å². The third-order valence-corrected chi connectivity index (χ3v) is 9.97. The normalized spacial score (nSPS) is 15.7. The molecule has 0 radical (unpaired) electrons. The van der Waals surface area contributed by atoms with Gasteiger partial charge in [-0.3, -0.25) is 14.4 Å². The van der Waals surface area contributed by atoms with Gasteiger partial charge in [-0.25, -0.2) is 4.79 Å². The third kappa shape index (κ3) is 12.7. The zero-order valence-electron chi connectivity index (χ0n) is 30.4. The van der Waals surface area contributed by atoms with E-state index in [0.717, 1.165) is 60.0 Å². The summed E-state index contributed by atoms with van der Waals surface area (Å²) in [7, 11) is 0. The number of likely N-dealkylation sites (N-methyl/N-ethyl adjacent to an activating group) is 1. The Kier molecular flexibility index (Phi) is 16.7. The Morgan fingerprint density at radius 3 is 2.33 bits per heavy atom. The molecule has 51 heavy (non-hydrogen) atoms. The van der Waals surface area contributed by atoms with E-state index in [1.54, 1.807) is 16.2 Å².